The Balaban J connectivity index is 1.66. The minimum Gasteiger partial charge on any atom is -0.507 e. The number of hydrogen-bond donors (Lipinski definition) is 1. The van der Waals surface area contributed by atoms with Crippen LogP contribution in [0.1, 0.15) is 28.3 Å². The number of hydrogen-bond acceptors (Lipinski definition) is 4. The van der Waals surface area contributed by atoms with Gasteiger partial charge in [-0.25, -0.2) is 4.39 Å². The zero-order valence-electron chi connectivity index (χ0n) is 18.0. The molecule has 1 saturated heterocycles. The third-order valence-electron chi connectivity index (χ3n) is 6.07. The van der Waals surface area contributed by atoms with E-state index in [9.17, 15) is 32.3 Å². The number of anilines is 1. The summed E-state index contributed by atoms with van der Waals surface area (Å²) in [5.74, 6) is -2.37. The van der Waals surface area contributed by atoms with Crippen LogP contribution in [-0.4, -0.2) is 23.4 Å². The van der Waals surface area contributed by atoms with Crippen LogP contribution in [0.3, 0.4) is 0 Å². The molecule has 5 rings (SSSR count). The van der Waals surface area contributed by atoms with Gasteiger partial charge in [0.25, 0.3) is 11.7 Å². The molecule has 178 valence electrons. The Morgan fingerprint density at radius 1 is 0.971 bits per heavy atom. The zero-order chi connectivity index (χ0) is 24.9. The highest BCUT2D eigenvalue weighted by atomic mass is 19.4. The molecule has 2 heterocycles. The van der Waals surface area contributed by atoms with Gasteiger partial charge < -0.3 is 9.84 Å². The van der Waals surface area contributed by atoms with E-state index in [0.717, 1.165) is 46.9 Å². The van der Waals surface area contributed by atoms with Crippen molar-refractivity contribution in [3.8, 4) is 5.75 Å². The van der Waals surface area contributed by atoms with E-state index >= 15 is 0 Å². The minimum absolute atomic E-state index is 0.0239. The summed E-state index contributed by atoms with van der Waals surface area (Å²) in [7, 11) is 0. The van der Waals surface area contributed by atoms with Crippen LogP contribution in [0.15, 0.2) is 72.3 Å². The molecule has 35 heavy (non-hydrogen) atoms. The number of alkyl halides is 3. The third kappa shape index (κ3) is 3.92. The van der Waals surface area contributed by atoms with Gasteiger partial charge in [0.05, 0.1) is 23.8 Å². The Bertz CT molecular complexity index is 1360. The number of carbonyl (C=O) groups is 2. The SMILES string of the molecule is O=C1C(=O)N(c2ccc(C(F)(F)F)cc2)C(c2ccc(F)cc2)/C1=C(/O)c1ccc2c(c1)CCO2. The van der Waals surface area contributed by atoms with Gasteiger partial charge in [-0.3, -0.25) is 14.5 Å². The molecule has 3 aromatic rings. The van der Waals surface area contributed by atoms with Crippen molar-refractivity contribution in [2.24, 2.45) is 0 Å². The normalized spacial score (nSPS) is 19.1. The maximum absolute atomic E-state index is 13.6. The fourth-order valence-corrected chi connectivity index (χ4v) is 4.36. The highest BCUT2D eigenvalue weighted by molar-refractivity contribution is 6.51. The van der Waals surface area contributed by atoms with Gasteiger partial charge in [-0.1, -0.05) is 12.1 Å². The number of aliphatic hydroxyl groups is 1. The van der Waals surface area contributed by atoms with Crippen LogP contribution in [0.25, 0.3) is 5.76 Å². The maximum Gasteiger partial charge on any atom is 0.416 e. The summed E-state index contributed by atoms with van der Waals surface area (Å²) >= 11 is 0. The summed E-state index contributed by atoms with van der Waals surface area (Å²) < 4.78 is 58.2. The smallest absolute Gasteiger partial charge is 0.416 e. The van der Waals surface area contributed by atoms with E-state index in [1.165, 1.54) is 12.1 Å². The Morgan fingerprint density at radius 3 is 2.31 bits per heavy atom. The van der Waals surface area contributed by atoms with Gasteiger partial charge in [0.1, 0.15) is 17.3 Å². The molecule has 2 aliphatic heterocycles. The van der Waals surface area contributed by atoms with Crippen molar-refractivity contribution in [3.63, 3.8) is 0 Å². The lowest BCUT2D eigenvalue weighted by Gasteiger charge is -2.25. The molecular formula is C26H17F4NO4. The van der Waals surface area contributed by atoms with Crippen molar-refractivity contribution < 1.29 is 37.0 Å². The molecule has 9 heteroatoms. The molecule has 3 aromatic carbocycles. The van der Waals surface area contributed by atoms with Crippen LogP contribution in [0.4, 0.5) is 23.2 Å². The molecule has 0 aliphatic carbocycles. The van der Waals surface area contributed by atoms with Crippen LogP contribution < -0.4 is 9.64 Å². The second-order valence-electron chi connectivity index (χ2n) is 8.19. The molecule has 1 unspecified atom stereocenters. The van der Waals surface area contributed by atoms with Crippen LogP contribution in [0.2, 0.25) is 0 Å². The van der Waals surface area contributed by atoms with Crippen LogP contribution in [0, 0.1) is 5.82 Å². The molecular weight excluding hydrogens is 466 g/mol. The number of benzene rings is 3. The van der Waals surface area contributed by atoms with Crippen molar-refractivity contribution in [3.05, 3.63) is 100 Å². The summed E-state index contributed by atoms with van der Waals surface area (Å²) in [6.07, 6.45) is -3.97. The lowest BCUT2D eigenvalue weighted by Crippen LogP contribution is -2.29. The second-order valence-corrected chi connectivity index (χ2v) is 8.19. The van der Waals surface area contributed by atoms with Crippen LogP contribution in [-0.2, 0) is 22.2 Å². The molecule has 0 spiro atoms. The highest BCUT2D eigenvalue weighted by Crippen LogP contribution is 2.43. The molecule has 1 N–H and O–H groups in total. The van der Waals surface area contributed by atoms with Crippen molar-refractivity contribution >= 4 is 23.1 Å². The number of fused-ring (bicyclic) bond motifs is 1. The number of amides is 1. The first kappa shape index (κ1) is 22.6. The fourth-order valence-electron chi connectivity index (χ4n) is 4.36. The number of rotatable bonds is 3. The van der Waals surface area contributed by atoms with Crippen LogP contribution >= 0.6 is 0 Å². The molecule has 1 atom stereocenters. The number of ketones is 1. The minimum atomic E-state index is -4.58. The summed E-state index contributed by atoms with van der Waals surface area (Å²) in [5.41, 5.74) is 0.264. The highest BCUT2D eigenvalue weighted by Gasteiger charge is 2.47. The Hall–Kier alpha value is -4.14. The molecule has 5 nitrogen and oxygen atoms in total. The van der Waals surface area contributed by atoms with Gasteiger partial charge in [-0.2, -0.15) is 13.2 Å². The molecule has 2 aliphatic rings. The summed E-state index contributed by atoms with van der Waals surface area (Å²) in [6, 6.07) is 12.4. The monoisotopic (exact) mass is 483 g/mol. The van der Waals surface area contributed by atoms with E-state index in [2.05, 4.69) is 0 Å². The molecule has 1 amide bonds. The first-order valence-electron chi connectivity index (χ1n) is 10.6. The van der Waals surface area contributed by atoms with Crippen molar-refractivity contribution in [2.75, 3.05) is 11.5 Å². The Kier molecular flexibility index (Phi) is 5.35. The average Bonchev–Trinajstić information content (AvgIpc) is 3.41. The third-order valence-corrected chi connectivity index (χ3v) is 6.07. The standard InChI is InChI=1S/C26H17F4NO4/c27-18-6-1-14(2-7-18)22-21(23(32)16-3-10-20-15(13-16)11-12-35-20)24(33)25(34)31(22)19-8-4-17(5-9-19)26(28,29)30/h1-10,13,22,32H,11-12H2/b23-21-. The molecule has 0 bridgehead atoms. The first-order valence-corrected chi connectivity index (χ1v) is 10.6. The van der Waals surface area contributed by atoms with Gasteiger partial charge in [-0.15, -0.1) is 0 Å². The van der Waals surface area contributed by atoms with Crippen molar-refractivity contribution in [1.29, 1.82) is 0 Å². The molecule has 0 radical (unpaired) electrons. The first-order chi connectivity index (χ1) is 16.6. The van der Waals surface area contributed by atoms with E-state index in [1.807, 2.05) is 0 Å². The number of Topliss-reactive ketones (excluding diaryl/α,β-unsaturated/α-hetero) is 1. The number of ether oxygens (including phenoxy) is 1. The van der Waals surface area contributed by atoms with Gasteiger partial charge in [0.2, 0.25) is 0 Å². The van der Waals surface area contributed by atoms with Crippen LogP contribution in [0.5, 0.6) is 5.75 Å². The number of carbonyl (C=O) groups excluding carboxylic acids is 2. The fraction of sp³-hybridized carbons (Fsp3) is 0.154. The van der Waals surface area contributed by atoms with Crippen molar-refractivity contribution in [1.82, 2.24) is 0 Å². The largest absolute Gasteiger partial charge is 0.507 e. The quantitative estimate of drug-likeness (QED) is 0.234. The molecule has 0 aromatic heterocycles. The average molecular weight is 483 g/mol. The second kappa shape index (κ2) is 8.26. The van der Waals surface area contributed by atoms with Gasteiger partial charge in [-0.05, 0) is 65.7 Å². The van der Waals surface area contributed by atoms with Gasteiger partial charge >= 0.3 is 6.18 Å². The molecule has 0 saturated carbocycles. The van der Waals surface area contributed by atoms with E-state index in [4.69, 9.17) is 4.74 Å². The predicted molar refractivity (Wildman–Crippen MR) is 118 cm³/mol. The maximum atomic E-state index is 13.6. The van der Waals surface area contributed by atoms with E-state index < -0.39 is 41.0 Å². The topological polar surface area (TPSA) is 66.8 Å². The van der Waals surface area contributed by atoms with E-state index in [1.54, 1.807) is 18.2 Å². The van der Waals surface area contributed by atoms with Gasteiger partial charge in [0, 0.05) is 17.7 Å². The number of halogens is 4. The Labute approximate surface area is 196 Å². The lowest BCUT2D eigenvalue weighted by molar-refractivity contribution is -0.137. The summed E-state index contributed by atoms with van der Waals surface area (Å²) in [6.45, 7) is 0.480. The zero-order valence-corrected chi connectivity index (χ0v) is 18.0. The Morgan fingerprint density at radius 2 is 1.66 bits per heavy atom. The van der Waals surface area contributed by atoms with Gasteiger partial charge in [0.15, 0.2) is 0 Å². The summed E-state index contributed by atoms with van der Waals surface area (Å²) in [5, 5.41) is 11.2. The summed E-state index contributed by atoms with van der Waals surface area (Å²) in [4.78, 5) is 27.2. The number of nitrogens with zero attached hydrogens (tertiary/aromatic N) is 1. The lowest BCUT2D eigenvalue weighted by atomic mass is 9.94. The predicted octanol–water partition coefficient (Wildman–Crippen LogP) is 5.41. The molecule has 1 fully saturated rings. The van der Waals surface area contributed by atoms with E-state index in [0.29, 0.717) is 24.3 Å². The van der Waals surface area contributed by atoms with Crippen molar-refractivity contribution in [2.45, 2.75) is 18.6 Å². The van der Waals surface area contributed by atoms with E-state index in [-0.39, 0.29) is 16.8 Å². The number of aliphatic hydroxyl groups excluding tert-OH is 1.